The monoisotopic (exact) mass is 498 g/mol. The van der Waals surface area contributed by atoms with Crippen LogP contribution in [0.2, 0.25) is 0 Å². The summed E-state index contributed by atoms with van der Waals surface area (Å²) in [6.07, 6.45) is 2.08. The fraction of sp³-hybridized carbons (Fsp3) is 0.286. The molecule has 188 valence electrons. The highest BCUT2D eigenvalue weighted by Gasteiger charge is 2.29. The molecule has 1 saturated heterocycles. The van der Waals surface area contributed by atoms with Crippen molar-refractivity contribution in [2.45, 2.75) is 18.8 Å². The van der Waals surface area contributed by atoms with Gasteiger partial charge in [-0.25, -0.2) is 4.98 Å². The Morgan fingerprint density at radius 1 is 1.03 bits per heavy atom. The first kappa shape index (κ1) is 23.2. The number of ether oxygens (including phenoxy) is 2. The van der Waals surface area contributed by atoms with Crippen LogP contribution in [0, 0.1) is 0 Å². The standard InChI is InChI=1S/C28H26N4O5/c1-35-21-10-6-18(7-11-21)25-24-22(16-23(17-2-3-17)30-27(24)37-31-25)26(33)29-20-8-4-19(5-9-20)28(34)32-12-14-36-15-13-32/h4-11,16-17H,2-3,12-15H2,1H3,(H,29,33). The summed E-state index contributed by atoms with van der Waals surface area (Å²) in [7, 11) is 1.61. The van der Waals surface area contributed by atoms with Gasteiger partial charge in [0, 0.05) is 41.5 Å². The highest BCUT2D eigenvalue weighted by molar-refractivity contribution is 6.14. The van der Waals surface area contributed by atoms with Crippen molar-refractivity contribution in [2.24, 2.45) is 0 Å². The molecule has 1 aliphatic heterocycles. The Morgan fingerprint density at radius 3 is 2.43 bits per heavy atom. The summed E-state index contributed by atoms with van der Waals surface area (Å²) in [4.78, 5) is 32.7. The summed E-state index contributed by atoms with van der Waals surface area (Å²) in [6, 6.07) is 16.2. The molecule has 0 unspecified atom stereocenters. The van der Waals surface area contributed by atoms with E-state index in [1.54, 1.807) is 36.3 Å². The van der Waals surface area contributed by atoms with Crippen LogP contribution < -0.4 is 10.1 Å². The van der Waals surface area contributed by atoms with Crippen molar-refractivity contribution >= 4 is 28.6 Å². The number of amides is 2. The molecular formula is C28H26N4O5. The van der Waals surface area contributed by atoms with Gasteiger partial charge >= 0.3 is 0 Å². The molecule has 0 radical (unpaired) electrons. The molecule has 0 atom stereocenters. The molecule has 3 heterocycles. The Morgan fingerprint density at radius 2 is 1.76 bits per heavy atom. The smallest absolute Gasteiger partial charge is 0.259 e. The molecule has 9 heteroatoms. The van der Waals surface area contributed by atoms with Gasteiger partial charge in [-0.3, -0.25) is 9.59 Å². The number of benzene rings is 2. The molecule has 0 spiro atoms. The van der Waals surface area contributed by atoms with E-state index in [-0.39, 0.29) is 11.8 Å². The van der Waals surface area contributed by atoms with Crippen molar-refractivity contribution in [3.63, 3.8) is 0 Å². The van der Waals surface area contributed by atoms with Crippen LogP contribution in [0.5, 0.6) is 5.75 Å². The lowest BCUT2D eigenvalue weighted by atomic mass is 10.0. The number of nitrogens with one attached hydrogen (secondary N) is 1. The maximum Gasteiger partial charge on any atom is 0.259 e. The van der Waals surface area contributed by atoms with E-state index in [2.05, 4.69) is 15.5 Å². The van der Waals surface area contributed by atoms with Crippen molar-refractivity contribution in [1.82, 2.24) is 15.0 Å². The van der Waals surface area contributed by atoms with E-state index in [1.807, 2.05) is 30.3 Å². The molecule has 4 aromatic rings. The molecule has 9 nitrogen and oxygen atoms in total. The van der Waals surface area contributed by atoms with Gasteiger partial charge in [0.1, 0.15) is 11.4 Å². The van der Waals surface area contributed by atoms with Crippen molar-refractivity contribution in [1.29, 1.82) is 0 Å². The van der Waals surface area contributed by atoms with E-state index < -0.39 is 0 Å². The number of carbonyl (C=O) groups is 2. The molecule has 2 aromatic heterocycles. The lowest BCUT2D eigenvalue weighted by molar-refractivity contribution is 0.0303. The second-order valence-corrected chi connectivity index (χ2v) is 9.24. The Labute approximate surface area is 213 Å². The van der Waals surface area contributed by atoms with Crippen LogP contribution in [0.1, 0.15) is 45.2 Å². The normalized spacial score (nSPS) is 15.5. The largest absolute Gasteiger partial charge is 0.497 e. The van der Waals surface area contributed by atoms with Gasteiger partial charge in [0.2, 0.25) is 0 Å². The van der Waals surface area contributed by atoms with Gasteiger partial charge in [0.15, 0.2) is 0 Å². The number of hydrogen-bond acceptors (Lipinski definition) is 7. The van der Waals surface area contributed by atoms with Crippen molar-refractivity contribution < 1.29 is 23.6 Å². The zero-order valence-corrected chi connectivity index (χ0v) is 20.4. The fourth-order valence-electron chi connectivity index (χ4n) is 4.53. The molecule has 6 rings (SSSR count). The van der Waals surface area contributed by atoms with Crippen LogP contribution in [-0.2, 0) is 4.74 Å². The molecule has 2 fully saturated rings. The minimum atomic E-state index is -0.292. The average molecular weight is 499 g/mol. The Balaban J connectivity index is 1.30. The van der Waals surface area contributed by atoms with Gasteiger partial charge < -0.3 is 24.2 Å². The minimum absolute atomic E-state index is 0.0419. The van der Waals surface area contributed by atoms with Gasteiger partial charge in [-0.2, -0.15) is 0 Å². The molecule has 1 N–H and O–H groups in total. The summed E-state index contributed by atoms with van der Waals surface area (Å²) < 4.78 is 16.2. The first-order valence-electron chi connectivity index (χ1n) is 12.3. The average Bonchev–Trinajstić information content (AvgIpc) is 3.72. The molecule has 37 heavy (non-hydrogen) atoms. The van der Waals surface area contributed by atoms with Crippen LogP contribution in [0.4, 0.5) is 5.69 Å². The molecule has 2 amide bonds. The predicted molar refractivity (Wildman–Crippen MR) is 137 cm³/mol. The molecule has 1 aliphatic carbocycles. The maximum atomic E-state index is 13.6. The van der Waals surface area contributed by atoms with E-state index in [9.17, 15) is 9.59 Å². The van der Waals surface area contributed by atoms with Crippen LogP contribution in [0.15, 0.2) is 59.1 Å². The number of methoxy groups -OCH3 is 1. The number of aromatic nitrogens is 2. The van der Waals surface area contributed by atoms with Crippen molar-refractivity contribution in [3.8, 4) is 17.0 Å². The molecule has 2 aliphatic rings. The van der Waals surface area contributed by atoms with Gasteiger partial charge in [-0.05, 0) is 67.4 Å². The highest BCUT2D eigenvalue weighted by atomic mass is 16.5. The van der Waals surface area contributed by atoms with Crippen LogP contribution in [0.25, 0.3) is 22.4 Å². The third-order valence-electron chi connectivity index (χ3n) is 6.76. The van der Waals surface area contributed by atoms with Gasteiger partial charge in [0.25, 0.3) is 17.5 Å². The summed E-state index contributed by atoms with van der Waals surface area (Å²) in [6.45, 7) is 2.25. The van der Waals surface area contributed by atoms with Gasteiger partial charge in [0.05, 0.1) is 31.3 Å². The fourth-order valence-corrected chi connectivity index (χ4v) is 4.53. The third-order valence-corrected chi connectivity index (χ3v) is 6.76. The third kappa shape index (κ3) is 4.65. The highest BCUT2D eigenvalue weighted by Crippen LogP contribution is 2.41. The first-order chi connectivity index (χ1) is 18.1. The predicted octanol–water partition coefficient (Wildman–Crippen LogP) is 4.50. The van der Waals surface area contributed by atoms with Gasteiger partial charge in [-0.15, -0.1) is 0 Å². The number of rotatable bonds is 6. The Hall–Kier alpha value is -4.24. The van der Waals surface area contributed by atoms with E-state index in [0.29, 0.717) is 65.8 Å². The van der Waals surface area contributed by atoms with E-state index in [0.717, 1.165) is 29.8 Å². The van der Waals surface area contributed by atoms with Gasteiger partial charge in [-0.1, -0.05) is 5.16 Å². The summed E-state index contributed by atoms with van der Waals surface area (Å²) in [5.74, 6) is 0.717. The number of nitrogens with zero attached hydrogens (tertiary/aromatic N) is 3. The zero-order chi connectivity index (χ0) is 25.4. The number of hydrogen-bond donors (Lipinski definition) is 1. The quantitative estimate of drug-likeness (QED) is 0.417. The minimum Gasteiger partial charge on any atom is -0.497 e. The second kappa shape index (κ2) is 9.67. The van der Waals surface area contributed by atoms with Crippen molar-refractivity contribution in [3.05, 3.63) is 71.4 Å². The summed E-state index contributed by atoms with van der Waals surface area (Å²) in [5.41, 5.74) is 4.12. The number of anilines is 1. The Bertz CT molecular complexity index is 1450. The lowest BCUT2D eigenvalue weighted by Gasteiger charge is -2.26. The lowest BCUT2D eigenvalue weighted by Crippen LogP contribution is -2.40. The molecular weight excluding hydrogens is 472 g/mol. The summed E-state index contributed by atoms with van der Waals surface area (Å²) >= 11 is 0. The zero-order valence-electron chi connectivity index (χ0n) is 20.4. The Kier molecular flexibility index (Phi) is 6.05. The van der Waals surface area contributed by atoms with E-state index >= 15 is 0 Å². The number of morpholine rings is 1. The molecule has 1 saturated carbocycles. The SMILES string of the molecule is COc1ccc(-c2noc3nc(C4CC4)cc(C(=O)Nc4ccc(C(=O)N5CCOCC5)cc4)c23)cc1. The topological polar surface area (TPSA) is 107 Å². The van der Waals surface area contributed by atoms with Crippen LogP contribution >= 0.6 is 0 Å². The first-order valence-corrected chi connectivity index (χ1v) is 12.3. The van der Waals surface area contributed by atoms with Crippen LogP contribution in [0.3, 0.4) is 0 Å². The number of pyridine rings is 1. The summed E-state index contributed by atoms with van der Waals surface area (Å²) in [5, 5.41) is 7.79. The molecule has 0 bridgehead atoms. The number of fused-ring (bicyclic) bond motifs is 1. The second-order valence-electron chi connectivity index (χ2n) is 9.24. The van der Waals surface area contributed by atoms with Crippen molar-refractivity contribution in [2.75, 3.05) is 38.7 Å². The van der Waals surface area contributed by atoms with E-state index in [4.69, 9.17) is 14.0 Å². The van der Waals surface area contributed by atoms with E-state index in [1.165, 1.54) is 0 Å². The van der Waals surface area contributed by atoms with Crippen LogP contribution in [-0.4, -0.2) is 60.3 Å². The molecule has 2 aromatic carbocycles. The number of carbonyl (C=O) groups excluding carboxylic acids is 2. The maximum absolute atomic E-state index is 13.6.